The van der Waals surface area contributed by atoms with E-state index < -0.39 is 0 Å². The lowest BCUT2D eigenvalue weighted by Crippen LogP contribution is -2.48. The zero-order valence-electron chi connectivity index (χ0n) is 11.6. The summed E-state index contributed by atoms with van der Waals surface area (Å²) >= 11 is 0. The van der Waals surface area contributed by atoms with E-state index in [0.29, 0.717) is 0 Å². The minimum absolute atomic E-state index is 0.143. The average molecular weight is 245 g/mol. The predicted octanol–water partition coefficient (Wildman–Crippen LogP) is 3.27. The van der Waals surface area contributed by atoms with Crippen LogP contribution in [-0.4, -0.2) is 12.5 Å². The Kier molecular flexibility index (Phi) is 3.47. The Morgan fingerprint density at radius 3 is 2.28 bits per heavy atom. The summed E-state index contributed by atoms with van der Waals surface area (Å²) in [7, 11) is 0. The van der Waals surface area contributed by atoms with E-state index >= 15 is 0 Å². The number of hydrogen-bond acceptors (Lipinski definition) is 1. The third-order valence-corrected chi connectivity index (χ3v) is 3.97. The molecule has 1 fully saturated rings. The minimum atomic E-state index is -0.304. The molecule has 0 radical (unpaired) electrons. The van der Waals surface area contributed by atoms with E-state index in [2.05, 4.69) is 29.6 Å². The van der Waals surface area contributed by atoms with Gasteiger partial charge in [-0.3, -0.25) is 4.79 Å². The van der Waals surface area contributed by atoms with Gasteiger partial charge in [0.25, 0.3) is 0 Å². The Morgan fingerprint density at radius 2 is 1.83 bits per heavy atom. The lowest BCUT2D eigenvalue weighted by molar-refractivity contribution is -0.129. The maximum absolute atomic E-state index is 12.0. The van der Waals surface area contributed by atoms with Crippen molar-refractivity contribution in [3.8, 4) is 0 Å². The largest absolute Gasteiger partial charge is 0.355 e. The van der Waals surface area contributed by atoms with Gasteiger partial charge in [0.15, 0.2) is 0 Å². The topological polar surface area (TPSA) is 29.1 Å². The molecule has 2 nitrogen and oxygen atoms in total. The van der Waals surface area contributed by atoms with Crippen molar-refractivity contribution < 1.29 is 4.79 Å². The van der Waals surface area contributed by atoms with Crippen molar-refractivity contribution in [3.63, 3.8) is 0 Å². The molecule has 0 saturated heterocycles. The number of nitrogens with one attached hydrogen (secondary N) is 1. The molecule has 1 aliphatic rings. The van der Waals surface area contributed by atoms with Crippen molar-refractivity contribution in [1.29, 1.82) is 0 Å². The minimum Gasteiger partial charge on any atom is -0.355 e. The molecule has 1 N–H and O–H groups in total. The number of rotatable bonds is 3. The molecule has 2 rings (SSSR count). The second-order valence-corrected chi connectivity index (χ2v) is 6.43. The summed E-state index contributed by atoms with van der Waals surface area (Å²) in [5.74, 6) is 0.143. The van der Waals surface area contributed by atoms with Gasteiger partial charge in [0.2, 0.25) is 5.91 Å². The average Bonchev–Trinajstić information content (AvgIpc) is 2.27. The predicted molar refractivity (Wildman–Crippen MR) is 74.4 cm³/mol. The van der Waals surface area contributed by atoms with Gasteiger partial charge in [-0.05, 0) is 18.4 Å². The van der Waals surface area contributed by atoms with Gasteiger partial charge in [0, 0.05) is 17.4 Å². The highest BCUT2D eigenvalue weighted by Crippen LogP contribution is 2.43. The van der Waals surface area contributed by atoms with Crippen LogP contribution < -0.4 is 5.32 Å². The summed E-state index contributed by atoms with van der Waals surface area (Å²) in [6.45, 7) is 6.64. The molecule has 0 unspecified atom stereocenters. The van der Waals surface area contributed by atoms with Crippen molar-refractivity contribution >= 4 is 5.91 Å². The molecule has 1 aromatic rings. The van der Waals surface area contributed by atoms with Crippen LogP contribution in [0.3, 0.4) is 0 Å². The van der Waals surface area contributed by atoms with Crippen molar-refractivity contribution in [1.82, 2.24) is 5.32 Å². The van der Waals surface area contributed by atoms with E-state index in [9.17, 15) is 4.79 Å². The number of hydrogen-bond donors (Lipinski definition) is 1. The zero-order valence-corrected chi connectivity index (χ0v) is 11.6. The lowest BCUT2D eigenvalue weighted by Gasteiger charge is -2.43. The molecule has 98 valence electrons. The molecule has 0 heterocycles. The van der Waals surface area contributed by atoms with Crippen LogP contribution in [-0.2, 0) is 10.2 Å². The Morgan fingerprint density at radius 1 is 1.22 bits per heavy atom. The first kappa shape index (κ1) is 13.1. The van der Waals surface area contributed by atoms with E-state index in [0.717, 1.165) is 6.54 Å². The SMILES string of the molecule is CC(C)(C)C(=O)NCC1(c2ccccc2)CCC1. The second kappa shape index (κ2) is 4.75. The van der Waals surface area contributed by atoms with Gasteiger partial charge in [0.05, 0.1) is 0 Å². The van der Waals surface area contributed by atoms with Gasteiger partial charge in [-0.2, -0.15) is 0 Å². The molecule has 0 atom stereocenters. The molecular formula is C16H23NO. The highest BCUT2D eigenvalue weighted by Gasteiger charge is 2.39. The van der Waals surface area contributed by atoms with E-state index in [1.54, 1.807) is 0 Å². The van der Waals surface area contributed by atoms with E-state index in [1.807, 2.05) is 26.8 Å². The summed E-state index contributed by atoms with van der Waals surface area (Å²) in [6, 6.07) is 10.6. The number of benzene rings is 1. The Balaban J connectivity index is 2.05. The fourth-order valence-electron chi connectivity index (χ4n) is 2.48. The van der Waals surface area contributed by atoms with Crippen molar-refractivity contribution in [2.45, 2.75) is 45.4 Å². The number of carbonyl (C=O) groups is 1. The molecular weight excluding hydrogens is 222 g/mol. The van der Waals surface area contributed by atoms with Gasteiger partial charge in [-0.15, -0.1) is 0 Å². The van der Waals surface area contributed by atoms with E-state index in [1.165, 1.54) is 24.8 Å². The summed E-state index contributed by atoms with van der Waals surface area (Å²) in [4.78, 5) is 12.0. The standard InChI is InChI=1S/C16H23NO/c1-15(2,3)14(18)17-12-16(10-7-11-16)13-8-5-4-6-9-13/h4-6,8-9H,7,10-12H2,1-3H3,(H,17,18). The van der Waals surface area contributed by atoms with Crippen LogP contribution in [0.4, 0.5) is 0 Å². The molecule has 1 saturated carbocycles. The molecule has 18 heavy (non-hydrogen) atoms. The molecule has 0 aromatic heterocycles. The van der Waals surface area contributed by atoms with Gasteiger partial charge in [-0.1, -0.05) is 57.5 Å². The van der Waals surface area contributed by atoms with Crippen LogP contribution in [0.2, 0.25) is 0 Å². The molecule has 0 spiro atoms. The van der Waals surface area contributed by atoms with Crippen molar-refractivity contribution in [2.24, 2.45) is 5.41 Å². The molecule has 0 aliphatic heterocycles. The van der Waals surface area contributed by atoms with Crippen molar-refractivity contribution in [2.75, 3.05) is 6.54 Å². The monoisotopic (exact) mass is 245 g/mol. The molecule has 0 bridgehead atoms. The van der Waals surface area contributed by atoms with Gasteiger partial charge in [-0.25, -0.2) is 0 Å². The summed E-state index contributed by atoms with van der Waals surface area (Å²) in [5.41, 5.74) is 1.24. The molecule has 1 aliphatic carbocycles. The number of amides is 1. The first-order chi connectivity index (χ1) is 8.44. The normalized spacial score (nSPS) is 17.9. The quantitative estimate of drug-likeness (QED) is 0.870. The first-order valence-corrected chi connectivity index (χ1v) is 6.78. The summed E-state index contributed by atoms with van der Waals surface area (Å²) in [6.07, 6.45) is 3.63. The maximum Gasteiger partial charge on any atom is 0.225 e. The Hall–Kier alpha value is -1.31. The maximum atomic E-state index is 12.0. The highest BCUT2D eigenvalue weighted by atomic mass is 16.2. The van der Waals surface area contributed by atoms with Crippen LogP contribution >= 0.6 is 0 Å². The van der Waals surface area contributed by atoms with Crippen LogP contribution in [0.25, 0.3) is 0 Å². The Labute approximate surface area is 110 Å². The molecule has 2 heteroatoms. The van der Waals surface area contributed by atoms with Crippen LogP contribution in [0.15, 0.2) is 30.3 Å². The van der Waals surface area contributed by atoms with E-state index in [4.69, 9.17) is 0 Å². The third-order valence-electron chi connectivity index (χ3n) is 3.97. The fourth-order valence-corrected chi connectivity index (χ4v) is 2.48. The summed E-state index contributed by atoms with van der Waals surface area (Å²) < 4.78 is 0. The van der Waals surface area contributed by atoms with Crippen molar-refractivity contribution in [3.05, 3.63) is 35.9 Å². The third kappa shape index (κ3) is 2.58. The smallest absolute Gasteiger partial charge is 0.225 e. The second-order valence-electron chi connectivity index (χ2n) is 6.43. The number of carbonyl (C=O) groups excluding carboxylic acids is 1. The molecule has 1 amide bonds. The van der Waals surface area contributed by atoms with E-state index in [-0.39, 0.29) is 16.7 Å². The molecule has 1 aromatic carbocycles. The van der Waals surface area contributed by atoms with Gasteiger partial charge < -0.3 is 5.32 Å². The summed E-state index contributed by atoms with van der Waals surface area (Å²) in [5, 5.41) is 3.12. The van der Waals surface area contributed by atoms with Gasteiger partial charge in [0.1, 0.15) is 0 Å². The van der Waals surface area contributed by atoms with Crippen LogP contribution in [0.1, 0.15) is 45.6 Å². The highest BCUT2D eigenvalue weighted by molar-refractivity contribution is 5.81. The fraction of sp³-hybridized carbons (Fsp3) is 0.562. The Bertz CT molecular complexity index is 412. The van der Waals surface area contributed by atoms with Gasteiger partial charge >= 0.3 is 0 Å². The van der Waals surface area contributed by atoms with Crippen LogP contribution in [0.5, 0.6) is 0 Å². The van der Waals surface area contributed by atoms with Crippen LogP contribution in [0, 0.1) is 5.41 Å². The lowest BCUT2D eigenvalue weighted by atomic mass is 9.64. The first-order valence-electron chi connectivity index (χ1n) is 6.78. The zero-order chi connectivity index (χ0) is 13.2.